The molecule has 20 heavy (non-hydrogen) atoms. The topological polar surface area (TPSA) is 75.6 Å². The van der Waals surface area contributed by atoms with Gasteiger partial charge in [0.25, 0.3) is 5.91 Å². The number of hydrogen-bond acceptors (Lipinski definition) is 3. The lowest BCUT2D eigenvalue weighted by Crippen LogP contribution is -2.38. The Bertz CT molecular complexity index is 471. The Labute approximate surface area is 118 Å². The summed E-state index contributed by atoms with van der Waals surface area (Å²) >= 11 is 0. The predicted molar refractivity (Wildman–Crippen MR) is 75.7 cm³/mol. The Morgan fingerprint density at radius 1 is 1.25 bits per heavy atom. The van der Waals surface area contributed by atoms with Crippen molar-refractivity contribution in [2.75, 3.05) is 6.54 Å². The molecule has 2 N–H and O–H groups in total. The highest BCUT2D eigenvalue weighted by Crippen LogP contribution is 2.20. The van der Waals surface area contributed by atoms with Crippen molar-refractivity contribution in [1.29, 1.82) is 0 Å². The molecule has 1 atom stereocenters. The summed E-state index contributed by atoms with van der Waals surface area (Å²) in [5, 5.41) is 11.6. The van der Waals surface area contributed by atoms with Crippen LogP contribution < -0.4 is 10.1 Å². The van der Waals surface area contributed by atoms with E-state index in [9.17, 15) is 9.59 Å². The van der Waals surface area contributed by atoms with Crippen LogP contribution in [0.1, 0.15) is 26.3 Å². The van der Waals surface area contributed by atoms with Crippen LogP contribution in [0.4, 0.5) is 0 Å². The number of rotatable bonds is 7. The number of carboxylic acids is 1. The Morgan fingerprint density at radius 3 is 2.50 bits per heavy atom. The van der Waals surface area contributed by atoms with Crippen LogP contribution in [0.2, 0.25) is 0 Å². The third-order valence-corrected chi connectivity index (χ3v) is 2.67. The summed E-state index contributed by atoms with van der Waals surface area (Å²) in [4.78, 5) is 22.6. The highest BCUT2D eigenvalue weighted by Gasteiger charge is 2.16. The standard InChI is InChI=1S/C15H21NO4/c1-10(2)9-16-15(19)11(3)20-13-7-5-4-6-12(13)8-14(17)18/h4-7,10-11H,8-9H2,1-3H3,(H,16,19)(H,17,18). The highest BCUT2D eigenvalue weighted by atomic mass is 16.5. The normalized spacial score (nSPS) is 12.0. The fourth-order valence-corrected chi connectivity index (χ4v) is 1.62. The van der Waals surface area contributed by atoms with Crippen LogP contribution >= 0.6 is 0 Å². The van der Waals surface area contributed by atoms with Gasteiger partial charge in [0.05, 0.1) is 6.42 Å². The van der Waals surface area contributed by atoms with Crippen molar-refractivity contribution in [1.82, 2.24) is 5.32 Å². The van der Waals surface area contributed by atoms with E-state index in [1.54, 1.807) is 31.2 Å². The van der Waals surface area contributed by atoms with E-state index in [0.717, 1.165) is 0 Å². The Balaban J connectivity index is 2.67. The SMILES string of the molecule is CC(C)CNC(=O)C(C)Oc1ccccc1CC(=O)O. The number of ether oxygens (including phenoxy) is 1. The van der Waals surface area contributed by atoms with Gasteiger partial charge in [-0.2, -0.15) is 0 Å². The second-order valence-corrected chi connectivity index (χ2v) is 5.08. The molecule has 0 aromatic heterocycles. The van der Waals surface area contributed by atoms with Crippen molar-refractivity contribution in [2.45, 2.75) is 33.3 Å². The lowest BCUT2D eigenvalue weighted by molar-refractivity contribution is -0.136. The molecule has 1 amide bonds. The molecule has 0 bridgehead atoms. The maximum Gasteiger partial charge on any atom is 0.307 e. The molecule has 0 aliphatic heterocycles. The van der Waals surface area contributed by atoms with Crippen molar-refractivity contribution in [3.8, 4) is 5.75 Å². The molecule has 1 rings (SSSR count). The summed E-state index contributed by atoms with van der Waals surface area (Å²) in [5.74, 6) is -0.339. The van der Waals surface area contributed by atoms with Gasteiger partial charge in [0.15, 0.2) is 6.10 Å². The molecule has 1 unspecified atom stereocenters. The first-order chi connectivity index (χ1) is 9.40. The third-order valence-electron chi connectivity index (χ3n) is 2.67. The summed E-state index contributed by atoms with van der Waals surface area (Å²) in [6.45, 7) is 6.25. The number of amides is 1. The van der Waals surface area contributed by atoms with E-state index in [2.05, 4.69) is 5.32 Å². The molecular weight excluding hydrogens is 258 g/mol. The smallest absolute Gasteiger partial charge is 0.307 e. The number of carbonyl (C=O) groups excluding carboxylic acids is 1. The van der Waals surface area contributed by atoms with E-state index in [4.69, 9.17) is 9.84 Å². The van der Waals surface area contributed by atoms with Gasteiger partial charge in [-0.25, -0.2) is 0 Å². The molecule has 0 saturated heterocycles. The number of benzene rings is 1. The second-order valence-electron chi connectivity index (χ2n) is 5.08. The summed E-state index contributed by atoms with van der Waals surface area (Å²) in [7, 11) is 0. The van der Waals surface area contributed by atoms with Crippen LogP contribution in [0.5, 0.6) is 5.75 Å². The summed E-state index contributed by atoms with van der Waals surface area (Å²) in [6, 6.07) is 6.85. The molecule has 0 saturated carbocycles. The lowest BCUT2D eigenvalue weighted by Gasteiger charge is -2.17. The molecule has 0 heterocycles. The van der Waals surface area contributed by atoms with Crippen molar-refractivity contribution in [3.63, 3.8) is 0 Å². The zero-order valence-electron chi connectivity index (χ0n) is 12.1. The summed E-state index contributed by atoms with van der Waals surface area (Å²) in [5.41, 5.74) is 0.559. The largest absolute Gasteiger partial charge is 0.481 e. The average Bonchev–Trinajstić information content (AvgIpc) is 2.37. The van der Waals surface area contributed by atoms with Gasteiger partial charge >= 0.3 is 5.97 Å². The molecular formula is C15H21NO4. The first kappa shape index (κ1) is 16.0. The van der Waals surface area contributed by atoms with Crippen molar-refractivity contribution >= 4 is 11.9 Å². The van der Waals surface area contributed by atoms with Gasteiger partial charge in [-0.3, -0.25) is 9.59 Å². The van der Waals surface area contributed by atoms with Gasteiger partial charge in [0.1, 0.15) is 5.75 Å². The van der Waals surface area contributed by atoms with E-state index >= 15 is 0 Å². The van der Waals surface area contributed by atoms with E-state index in [1.165, 1.54) is 0 Å². The lowest BCUT2D eigenvalue weighted by atomic mass is 10.1. The highest BCUT2D eigenvalue weighted by molar-refractivity contribution is 5.80. The van der Waals surface area contributed by atoms with Gasteiger partial charge < -0.3 is 15.2 Å². The second kappa shape index (κ2) is 7.53. The first-order valence-electron chi connectivity index (χ1n) is 6.64. The molecule has 0 spiro atoms. The molecule has 0 fully saturated rings. The van der Waals surface area contributed by atoms with Crippen molar-refractivity contribution < 1.29 is 19.4 Å². The van der Waals surface area contributed by atoms with Crippen LogP contribution in [-0.2, 0) is 16.0 Å². The number of hydrogen-bond donors (Lipinski definition) is 2. The molecule has 0 aliphatic rings. The minimum absolute atomic E-state index is 0.128. The average molecular weight is 279 g/mol. The van der Waals surface area contributed by atoms with Crippen LogP contribution in [0.25, 0.3) is 0 Å². The van der Waals surface area contributed by atoms with Crippen LogP contribution in [-0.4, -0.2) is 29.6 Å². The number of carbonyl (C=O) groups is 2. The number of carboxylic acid groups (broad SMARTS) is 1. The molecule has 0 radical (unpaired) electrons. The van der Waals surface area contributed by atoms with Gasteiger partial charge in [-0.1, -0.05) is 32.0 Å². The number of para-hydroxylation sites is 1. The molecule has 110 valence electrons. The molecule has 0 aliphatic carbocycles. The van der Waals surface area contributed by atoms with Crippen LogP contribution in [0, 0.1) is 5.92 Å². The number of aliphatic carboxylic acids is 1. The minimum atomic E-state index is -0.932. The molecule has 5 nitrogen and oxygen atoms in total. The van der Waals surface area contributed by atoms with Gasteiger partial charge in [-0.05, 0) is 18.9 Å². The predicted octanol–water partition coefficient (Wildman–Crippen LogP) is 1.85. The quantitative estimate of drug-likeness (QED) is 0.798. The van der Waals surface area contributed by atoms with Gasteiger partial charge in [0, 0.05) is 12.1 Å². The maximum atomic E-state index is 11.8. The van der Waals surface area contributed by atoms with Crippen molar-refractivity contribution in [2.24, 2.45) is 5.92 Å². The zero-order chi connectivity index (χ0) is 15.1. The molecule has 1 aromatic rings. The fourth-order valence-electron chi connectivity index (χ4n) is 1.62. The van der Waals surface area contributed by atoms with Crippen LogP contribution in [0.3, 0.4) is 0 Å². The van der Waals surface area contributed by atoms with Crippen molar-refractivity contribution in [3.05, 3.63) is 29.8 Å². The maximum absolute atomic E-state index is 11.8. The Morgan fingerprint density at radius 2 is 1.90 bits per heavy atom. The fraction of sp³-hybridized carbons (Fsp3) is 0.467. The van der Waals surface area contributed by atoms with E-state index in [1.807, 2.05) is 13.8 Å². The van der Waals surface area contributed by atoms with E-state index in [0.29, 0.717) is 23.8 Å². The minimum Gasteiger partial charge on any atom is -0.481 e. The Kier molecular flexibility index (Phi) is 6.03. The van der Waals surface area contributed by atoms with Crippen LogP contribution in [0.15, 0.2) is 24.3 Å². The summed E-state index contributed by atoms with van der Waals surface area (Å²) < 4.78 is 5.57. The van der Waals surface area contributed by atoms with Gasteiger partial charge in [-0.15, -0.1) is 0 Å². The van der Waals surface area contributed by atoms with Gasteiger partial charge in [0.2, 0.25) is 0 Å². The third kappa shape index (κ3) is 5.30. The molecule has 1 aromatic carbocycles. The zero-order valence-corrected chi connectivity index (χ0v) is 12.1. The number of nitrogens with one attached hydrogen (secondary N) is 1. The van der Waals surface area contributed by atoms with E-state index < -0.39 is 12.1 Å². The Hall–Kier alpha value is -2.04. The monoisotopic (exact) mass is 279 g/mol. The first-order valence-corrected chi connectivity index (χ1v) is 6.64. The summed E-state index contributed by atoms with van der Waals surface area (Å²) in [6.07, 6.45) is -0.792. The van der Waals surface area contributed by atoms with E-state index in [-0.39, 0.29) is 12.3 Å². The molecule has 5 heteroatoms.